The van der Waals surface area contributed by atoms with Gasteiger partial charge in [-0.05, 0) is 24.5 Å². The summed E-state index contributed by atoms with van der Waals surface area (Å²) in [4.78, 5) is 11.9. The largest absolute Gasteiger partial charge is 0.396 e. The number of aliphatic hydroxyl groups is 1. The third-order valence-electron chi connectivity index (χ3n) is 4.23. The molecule has 1 amide bonds. The van der Waals surface area contributed by atoms with Crippen molar-refractivity contribution in [1.82, 2.24) is 5.32 Å². The van der Waals surface area contributed by atoms with E-state index in [2.05, 4.69) is 5.32 Å². The molecule has 1 aliphatic carbocycles. The first kappa shape index (κ1) is 16.3. The van der Waals surface area contributed by atoms with Crippen molar-refractivity contribution in [2.24, 2.45) is 5.41 Å². The lowest BCUT2D eigenvalue weighted by Crippen LogP contribution is -2.45. The highest BCUT2D eigenvalue weighted by atomic mass is 35.5. The van der Waals surface area contributed by atoms with Gasteiger partial charge in [-0.15, -0.1) is 0 Å². The number of halogens is 1. The van der Waals surface area contributed by atoms with Gasteiger partial charge in [0.15, 0.2) is 0 Å². The van der Waals surface area contributed by atoms with E-state index in [9.17, 15) is 9.90 Å². The second kappa shape index (κ2) is 7.25. The Morgan fingerprint density at radius 2 is 2.29 bits per heavy atom. The molecule has 1 aromatic carbocycles. The number of aliphatic hydroxyl groups excluding tert-OH is 1. The number of ether oxygens (including phenoxy) is 1. The number of amides is 1. The molecule has 0 saturated heterocycles. The zero-order valence-electron chi connectivity index (χ0n) is 12.3. The second-order valence-electron chi connectivity index (χ2n) is 5.91. The Kier molecular flexibility index (Phi) is 5.62. The van der Waals surface area contributed by atoms with E-state index in [0.717, 1.165) is 24.8 Å². The number of hydrogen-bond donors (Lipinski definition) is 2. The van der Waals surface area contributed by atoms with E-state index < -0.39 is 0 Å². The third-order valence-corrected chi connectivity index (χ3v) is 4.60. The molecular formula is C16H22ClNO3. The second-order valence-corrected chi connectivity index (χ2v) is 6.32. The van der Waals surface area contributed by atoms with Gasteiger partial charge in [0.2, 0.25) is 5.91 Å². The summed E-state index contributed by atoms with van der Waals surface area (Å²) in [5.41, 5.74) is 0.659. The maximum atomic E-state index is 11.9. The molecule has 1 saturated carbocycles. The lowest BCUT2D eigenvalue weighted by molar-refractivity contribution is -0.127. The zero-order chi connectivity index (χ0) is 15.3. The third kappa shape index (κ3) is 4.19. The lowest BCUT2D eigenvalue weighted by Gasteiger charge is -2.30. The highest BCUT2D eigenvalue weighted by Gasteiger charge is 2.38. The predicted octanol–water partition coefficient (Wildman–Crippen LogP) is 2.52. The molecular weight excluding hydrogens is 290 g/mol. The van der Waals surface area contributed by atoms with Crippen LogP contribution in [0.15, 0.2) is 24.3 Å². The van der Waals surface area contributed by atoms with Crippen LogP contribution in [-0.4, -0.2) is 30.3 Å². The number of carbonyl (C=O) groups excluding carboxylic acids is 1. The molecule has 1 aliphatic rings. The molecule has 1 aromatic rings. The number of benzene rings is 1. The van der Waals surface area contributed by atoms with Gasteiger partial charge in [0.05, 0.1) is 13.2 Å². The van der Waals surface area contributed by atoms with Crippen LogP contribution < -0.4 is 5.32 Å². The van der Waals surface area contributed by atoms with E-state index in [0.29, 0.717) is 11.6 Å². The summed E-state index contributed by atoms with van der Waals surface area (Å²) in [6.45, 7) is 2.42. The van der Waals surface area contributed by atoms with E-state index in [1.165, 1.54) is 0 Å². The van der Waals surface area contributed by atoms with Crippen LogP contribution in [0.5, 0.6) is 0 Å². The monoisotopic (exact) mass is 311 g/mol. The molecule has 0 radical (unpaired) electrons. The average Bonchev–Trinajstić information content (AvgIpc) is 2.83. The van der Waals surface area contributed by atoms with E-state index in [1.807, 2.05) is 25.1 Å². The molecule has 0 aromatic heterocycles. The molecule has 1 fully saturated rings. The SMILES string of the molecule is CC1(CO)CCCC1NC(=O)COCc1ccccc1Cl. The Bertz CT molecular complexity index is 494. The summed E-state index contributed by atoms with van der Waals surface area (Å²) in [5.74, 6) is -0.145. The van der Waals surface area contributed by atoms with Crippen LogP contribution in [0.3, 0.4) is 0 Å². The molecule has 21 heavy (non-hydrogen) atoms. The van der Waals surface area contributed by atoms with Crippen LogP contribution in [-0.2, 0) is 16.1 Å². The Morgan fingerprint density at radius 3 is 3.00 bits per heavy atom. The van der Waals surface area contributed by atoms with E-state index >= 15 is 0 Å². The molecule has 0 spiro atoms. The summed E-state index contributed by atoms with van der Waals surface area (Å²) < 4.78 is 5.42. The summed E-state index contributed by atoms with van der Waals surface area (Å²) in [5, 5.41) is 13.1. The van der Waals surface area contributed by atoms with Crippen LogP contribution >= 0.6 is 11.6 Å². The van der Waals surface area contributed by atoms with E-state index in [1.54, 1.807) is 6.07 Å². The summed E-state index contributed by atoms with van der Waals surface area (Å²) in [6, 6.07) is 7.44. The summed E-state index contributed by atoms with van der Waals surface area (Å²) in [7, 11) is 0. The molecule has 116 valence electrons. The standard InChI is InChI=1S/C16H22ClNO3/c1-16(11-19)8-4-7-14(16)18-15(20)10-21-9-12-5-2-3-6-13(12)17/h2-3,5-6,14,19H,4,7-11H2,1H3,(H,18,20). The van der Waals surface area contributed by atoms with Gasteiger partial charge in [-0.2, -0.15) is 0 Å². The van der Waals surface area contributed by atoms with Gasteiger partial charge in [0.25, 0.3) is 0 Å². The smallest absolute Gasteiger partial charge is 0.246 e. The van der Waals surface area contributed by atoms with E-state index in [-0.39, 0.29) is 30.6 Å². The minimum absolute atomic E-state index is 0.00321. The van der Waals surface area contributed by atoms with Crippen LogP contribution in [0.4, 0.5) is 0 Å². The molecule has 2 N–H and O–H groups in total. The Labute approximate surface area is 130 Å². The topological polar surface area (TPSA) is 58.6 Å². The fraction of sp³-hybridized carbons (Fsp3) is 0.562. The molecule has 2 unspecified atom stereocenters. The van der Waals surface area contributed by atoms with Gasteiger partial charge in [0, 0.05) is 16.5 Å². The van der Waals surface area contributed by atoms with Gasteiger partial charge in [0.1, 0.15) is 6.61 Å². The molecule has 0 bridgehead atoms. The predicted molar refractivity (Wildman–Crippen MR) is 82.1 cm³/mol. The minimum atomic E-state index is -0.210. The average molecular weight is 312 g/mol. The van der Waals surface area contributed by atoms with Gasteiger partial charge in [-0.1, -0.05) is 43.1 Å². The highest BCUT2D eigenvalue weighted by molar-refractivity contribution is 6.31. The number of rotatable bonds is 6. The van der Waals surface area contributed by atoms with Crippen LogP contribution in [0, 0.1) is 5.41 Å². The minimum Gasteiger partial charge on any atom is -0.396 e. The Balaban J connectivity index is 1.77. The number of carbonyl (C=O) groups is 1. The van der Waals surface area contributed by atoms with Gasteiger partial charge < -0.3 is 15.2 Å². The maximum Gasteiger partial charge on any atom is 0.246 e. The van der Waals surface area contributed by atoms with Crippen LogP contribution in [0.25, 0.3) is 0 Å². The van der Waals surface area contributed by atoms with Crippen LogP contribution in [0.1, 0.15) is 31.7 Å². The van der Waals surface area contributed by atoms with Crippen molar-refractivity contribution < 1.29 is 14.6 Å². The number of hydrogen-bond acceptors (Lipinski definition) is 3. The van der Waals surface area contributed by atoms with Gasteiger partial charge >= 0.3 is 0 Å². The molecule has 5 heteroatoms. The number of nitrogens with one attached hydrogen (secondary N) is 1. The molecule has 2 atom stereocenters. The van der Waals surface area contributed by atoms with Gasteiger partial charge in [-0.25, -0.2) is 0 Å². The Morgan fingerprint density at radius 1 is 1.52 bits per heavy atom. The fourth-order valence-corrected chi connectivity index (χ4v) is 2.96. The first-order valence-electron chi connectivity index (χ1n) is 7.26. The summed E-state index contributed by atoms with van der Waals surface area (Å²) >= 11 is 6.02. The quantitative estimate of drug-likeness (QED) is 0.848. The molecule has 4 nitrogen and oxygen atoms in total. The van der Waals surface area contributed by atoms with Crippen molar-refractivity contribution >= 4 is 17.5 Å². The molecule has 2 rings (SSSR count). The van der Waals surface area contributed by atoms with Crippen molar-refractivity contribution in [3.63, 3.8) is 0 Å². The van der Waals surface area contributed by atoms with Crippen molar-refractivity contribution in [1.29, 1.82) is 0 Å². The first-order valence-corrected chi connectivity index (χ1v) is 7.64. The van der Waals surface area contributed by atoms with E-state index in [4.69, 9.17) is 16.3 Å². The molecule has 0 aliphatic heterocycles. The normalized spacial score (nSPS) is 25.0. The molecule has 0 heterocycles. The van der Waals surface area contributed by atoms with Crippen molar-refractivity contribution in [3.8, 4) is 0 Å². The zero-order valence-corrected chi connectivity index (χ0v) is 13.0. The van der Waals surface area contributed by atoms with Crippen molar-refractivity contribution in [2.75, 3.05) is 13.2 Å². The maximum absolute atomic E-state index is 11.9. The lowest BCUT2D eigenvalue weighted by atomic mass is 9.86. The summed E-state index contributed by atoms with van der Waals surface area (Å²) in [6.07, 6.45) is 2.88. The van der Waals surface area contributed by atoms with Crippen LogP contribution in [0.2, 0.25) is 5.02 Å². The van der Waals surface area contributed by atoms with Crippen molar-refractivity contribution in [2.45, 2.75) is 38.8 Å². The first-order chi connectivity index (χ1) is 10.0. The van der Waals surface area contributed by atoms with Gasteiger partial charge in [-0.3, -0.25) is 4.79 Å². The Hall–Kier alpha value is -1.10. The van der Waals surface area contributed by atoms with Crippen molar-refractivity contribution in [3.05, 3.63) is 34.9 Å². The highest BCUT2D eigenvalue weighted by Crippen LogP contribution is 2.37. The fourth-order valence-electron chi connectivity index (χ4n) is 2.77.